The third-order valence-corrected chi connectivity index (χ3v) is 2.77. The van der Waals surface area contributed by atoms with Crippen LogP contribution in [0.15, 0.2) is 30.6 Å². The summed E-state index contributed by atoms with van der Waals surface area (Å²) in [6.45, 7) is 6.78. The summed E-state index contributed by atoms with van der Waals surface area (Å²) in [4.78, 5) is 0. The Hall–Kier alpha value is -2.04. The molecule has 0 spiro atoms. The smallest absolute Gasteiger partial charge is 0.166 e. The molecular weight excluding hydrogens is 245 g/mol. The second-order valence-corrected chi connectivity index (χ2v) is 5.48. The zero-order valence-corrected chi connectivity index (χ0v) is 11.3. The Kier molecular flexibility index (Phi) is 3.46. The van der Waals surface area contributed by atoms with Crippen molar-refractivity contribution >= 4 is 5.69 Å². The Bertz CT molecular complexity index is 572. The molecule has 0 radical (unpaired) electrons. The van der Waals surface area contributed by atoms with E-state index in [4.69, 9.17) is 5.11 Å². The van der Waals surface area contributed by atoms with Gasteiger partial charge in [0.05, 0.1) is 11.7 Å². The summed E-state index contributed by atoms with van der Waals surface area (Å²) in [7, 11) is 0. The largest absolute Gasteiger partial charge is 0.505 e. The van der Waals surface area contributed by atoms with E-state index in [0.717, 1.165) is 5.56 Å². The molecular formula is C14H18FN3O. The minimum atomic E-state index is -0.629. The summed E-state index contributed by atoms with van der Waals surface area (Å²) < 4.78 is 15.0. The number of hydrogen-bond acceptors (Lipinski definition) is 3. The third-order valence-electron chi connectivity index (χ3n) is 2.77. The molecule has 4 nitrogen and oxygen atoms in total. The van der Waals surface area contributed by atoms with E-state index in [1.165, 1.54) is 12.1 Å². The van der Waals surface area contributed by atoms with Gasteiger partial charge in [-0.2, -0.15) is 5.10 Å². The van der Waals surface area contributed by atoms with Crippen LogP contribution in [-0.4, -0.2) is 14.9 Å². The van der Waals surface area contributed by atoms with Crippen LogP contribution >= 0.6 is 0 Å². The number of anilines is 1. The number of nitrogens with zero attached hydrogens (tertiary/aromatic N) is 2. The van der Waals surface area contributed by atoms with Gasteiger partial charge in [0.25, 0.3) is 0 Å². The molecule has 1 heterocycles. The highest BCUT2D eigenvalue weighted by Gasteiger charge is 2.13. The van der Waals surface area contributed by atoms with Crippen molar-refractivity contribution in [1.29, 1.82) is 0 Å². The number of phenols is 1. The normalized spacial score (nSPS) is 11.6. The number of aromatic hydroxyl groups is 1. The maximum atomic E-state index is 13.2. The van der Waals surface area contributed by atoms with Gasteiger partial charge in [-0.3, -0.25) is 4.68 Å². The van der Waals surface area contributed by atoms with Crippen molar-refractivity contribution in [1.82, 2.24) is 9.78 Å². The summed E-state index contributed by atoms with van der Waals surface area (Å²) in [5.74, 6) is -0.971. The minimum absolute atomic E-state index is 0.0527. The van der Waals surface area contributed by atoms with Crippen LogP contribution in [0.25, 0.3) is 0 Å². The highest BCUT2D eigenvalue weighted by Crippen LogP contribution is 2.20. The first-order valence-electron chi connectivity index (χ1n) is 6.13. The zero-order chi connectivity index (χ0) is 14.0. The van der Waals surface area contributed by atoms with E-state index in [1.807, 2.05) is 10.9 Å². The number of benzene rings is 1. The second-order valence-electron chi connectivity index (χ2n) is 5.48. The number of aromatic nitrogens is 2. The maximum Gasteiger partial charge on any atom is 0.166 e. The molecule has 2 aromatic rings. The van der Waals surface area contributed by atoms with Crippen molar-refractivity contribution in [3.63, 3.8) is 0 Å². The quantitative estimate of drug-likeness (QED) is 0.837. The van der Waals surface area contributed by atoms with Crippen molar-refractivity contribution in [3.05, 3.63) is 42.0 Å². The van der Waals surface area contributed by atoms with E-state index in [-0.39, 0.29) is 11.3 Å². The van der Waals surface area contributed by atoms with Gasteiger partial charge in [-0.05, 0) is 32.9 Å². The Morgan fingerprint density at radius 2 is 2.11 bits per heavy atom. The van der Waals surface area contributed by atoms with Gasteiger partial charge in [-0.1, -0.05) is 0 Å². The van der Waals surface area contributed by atoms with Crippen molar-refractivity contribution in [2.75, 3.05) is 5.32 Å². The topological polar surface area (TPSA) is 50.1 Å². The first-order valence-corrected chi connectivity index (χ1v) is 6.13. The summed E-state index contributed by atoms with van der Waals surface area (Å²) in [6, 6.07) is 4.23. The molecule has 0 saturated carbocycles. The third kappa shape index (κ3) is 3.24. The van der Waals surface area contributed by atoms with Crippen molar-refractivity contribution in [2.24, 2.45) is 0 Å². The first kappa shape index (κ1) is 13.4. The number of hydrogen-bond donors (Lipinski definition) is 2. The standard InChI is InChI=1S/C14H18FN3O/c1-14(2,3)18-9-10(8-17-18)7-16-11-4-5-13(19)12(15)6-11/h4-6,8-9,16,19H,7H2,1-3H3. The molecule has 0 aliphatic rings. The highest BCUT2D eigenvalue weighted by atomic mass is 19.1. The summed E-state index contributed by atoms with van der Waals surface area (Å²) in [5.41, 5.74) is 1.59. The van der Waals surface area contributed by atoms with Crippen LogP contribution in [0.5, 0.6) is 5.75 Å². The van der Waals surface area contributed by atoms with E-state index in [0.29, 0.717) is 12.2 Å². The maximum absolute atomic E-state index is 13.2. The summed E-state index contributed by atoms with van der Waals surface area (Å²) in [6.07, 6.45) is 3.75. The molecule has 0 fully saturated rings. The van der Waals surface area contributed by atoms with Gasteiger partial charge < -0.3 is 10.4 Å². The van der Waals surface area contributed by atoms with Crippen LogP contribution in [-0.2, 0) is 12.1 Å². The lowest BCUT2D eigenvalue weighted by atomic mass is 10.1. The van der Waals surface area contributed by atoms with Crippen LogP contribution in [0, 0.1) is 5.82 Å². The molecule has 0 unspecified atom stereocenters. The molecule has 0 bridgehead atoms. The average Bonchev–Trinajstić information content (AvgIpc) is 2.79. The first-order chi connectivity index (χ1) is 8.86. The Morgan fingerprint density at radius 1 is 1.37 bits per heavy atom. The van der Waals surface area contributed by atoms with Crippen LogP contribution in [0.4, 0.5) is 10.1 Å². The van der Waals surface area contributed by atoms with Gasteiger partial charge in [0.15, 0.2) is 11.6 Å². The van der Waals surface area contributed by atoms with Crippen LogP contribution in [0.1, 0.15) is 26.3 Å². The van der Waals surface area contributed by atoms with E-state index >= 15 is 0 Å². The molecule has 0 aliphatic carbocycles. The fourth-order valence-corrected chi connectivity index (χ4v) is 1.64. The second kappa shape index (κ2) is 4.91. The fourth-order valence-electron chi connectivity index (χ4n) is 1.64. The van der Waals surface area contributed by atoms with Gasteiger partial charge in [0.1, 0.15) is 0 Å². The monoisotopic (exact) mass is 263 g/mol. The Morgan fingerprint density at radius 3 is 2.68 bits per heavy atom. The predicted molar refractivity (Wildman–Crippen MR) is 72.6 cm³/mol. The molecule has 2 rings (SSSR count). The number of halogens is 1. The molecule has 5 heteroatoms. The number of nitrogens with one attached hydrogen (secondary N) is 1. The van der Waals surface area contributed by atoms with Gasteiger partial charge >= 0.3 is 0 Å². The van der Waals surface area contributed by atoms with E-state index in [9.17, 15) is 4.39 Å². The van der Waals surface area contributed by atoms with E-state index in [1.54, 1.807) is 12.3 Å². The van der Waals surface area contributed by atoms with Crippen LogP contribution in [0.2, 0.25) is 0 Å². The lowest BCUT2D eigenvalue weighted by Crippen LogP contribution is -2.21. The predicted octanol–water partition coefficient (Wildman–Crippen LogP) is 3.09. The molecule has 1 aromatic carbocycles. The van der Waals surface area contributed by atoms with Crippen LogP contribution in [0.3, 0.4) is 0 Å². The summed E-state index contributed by atoms with van der Waals surface area (Å²) in [5, 5.41) is 16.5. The number of phenolic OH excluding ortho intramolecular Hbond substituents is 1. The molecule has 0 saturated heterocycles. The van der Waals surface area contributed by atoms with Gasteiger partial charge in [0, 0.05) is 30.1 Å². The molecule has 2 N–H and O–H groups in total. The molecule has 0 amide bonds. The highest BCUT2D eigenvalue weighted by molar-refractivity contribution is 5.47. The molecule has 0 atom stereocenters. The average molecular weight is 263 g/mol. The lowest BCUT2D eigenvalue weighted by Gasteiger charge is -2.18. The van der Waals surface area contributed by atoms with Crippen molar-refractivity contribution < 1.29 is 9.50 Å². The zero-order valence-electron chi connectivity index (χ0n) is 11.3. The molecule has 19 heavy (non-hydrogen) atoms. The SMILES string of the molecule is CC(C)(C)n1cc(CNc2ccc(O)c(F)c2)cn1. The van der Waals surface area contributed by atoms with Gasteiger partial charge in [0.2, 0.25) is 0 Å². The number of rotatable bonds is 3. The molecule has 0 aliphatic heterocycles. The Balaban J connectivity index is 2.02. The Labute approximate surface area is 111 Å². The van der Waals surface area contributed by atoms with Crippen LogP contribution < -0.4 is 5.32 Å². The van der Waals surface area contributed by atoms with Crippen molar-refractivity contribution in [3.8, 4) is 5.75 Å². The lowest BCUT2D eigenvalue weighted by molar-refractivity contribution is 0.355. The minimum Gasteiger partial charge on any atom is -0.505 e. The van der Waals surface area contributed by atoms with E-state index < -0.39 is 5.82 Å². The van der Waals surface area contributed by atoms with Crippen molar-refractivity contribution in [2.45, 2.75) is 32.9 Å². The summed E-state index contributed by atoms with van der Waals surface area (Å²) >= 11 is 0. The van der Waals surface area contributed by atoms with E-state index in [2.05, 4.69) is 31.2 Å². The van der Waals surface area contributed by atoms with Gasteiger partial charge in [-0.15, -0.1) is 0 Å². The molecule has 1 aromatic heterocycles. The fraction of sp³-hybridized carbons (Fsp3) is 0.357. The van der Waals surface area contributed by atoms with Gasteiger partial charge in [-0.25, -0.2) is 4.39 Å². The molecule has 102 valence electrons.